The zero-order chi connectivity index (χ0) is 15.1. The van der Waals surface area contributed by atoms with E-state index in [1.807, 2.05) is 27.7 Å². The second-order valence-electron chi connectivity index (χ2n) is 6.38. The summed E-state index contributed by atoms with van der Waals surface area (Å²) in [5.74, 6) is -0.337. The molecule has 0 saturated carbocycles. The third-order valence-corrected chi connectivity index (χ3v) is 3.74. The Kier molecular flexibility index (Phi) is 3.92. The van der Waals surface area contributed by atoms with E-state index in [9.17, 15) is 9.59 Å². The van der Waals surface area contributed by atoms with Crippen molar-refractivity contribution in [2.24, 2.45) is 11.3 Å². The molecule has 1 aliphatic carbocycles. The molecule has 1 aromatic rings. The topological polar surface area (TPSA) is 43.4 Å². The van der Waals surface area contributed by atoms with E-state index in [-0.39, 0.29) is 17.7 Å². The van der Waals surface area contributed by atoms with Gasteiger partial charge in [0, 0.05) is 22.1 Å². The number of fused-ring (bicyclic) bond motifs is 1. The van der Waals surface area contributed by atoms with Crippen LogP contribution >= 0.6 is 11.6 Å². The zero-order valence-corrected chi connectivity index (χ0v) is 13.0. The Morgan fingerprint density at radius 1 is 1.35 bits per heavy atom. The lowest BCUT2D eigenvalue weighted by Gasteiger charge is -2.30. The van der Waals surface area contributed by atoms with E-state index in [2.05, 4.69) is 0 Å². The fourth-order valence-electron chi connectivity index (χ4n) is 2.26. The number of hydrogen-bond donors (Lipinski definition) is 0. The SMILES string of the molecule is C[C@@H]1C[C@@H](OC(=O)C(C)(C)C)c2cc(Cl)ccc2C1=O. The van der Waals surface area contributed by atoms with Gasteiger partial charge in [-0.15, -0.1) is 0 Å². The van der Waals surface area contributed by atoms with Crippen LogP contribution in [0.15, 0.2) is 18.2 Å². The van der Waals surface area contributed by atoms with Gasteiger partial charge in [-0.3, -0.25) is 9.59 Å². The Bertz CT molecular complexity index is 557. The van der Waals surface area contributed by atoms with E-state index in [1.165, 1.54) is 0 Å². The maximum Gasteiger partial charge on any atom is 0.311 e. The molecule has 0 heterocycles. The molecular weight excluding hydrogens is 276 g/mol. The summed E-state index contributed by atoms with van der Waals surface area (Å²) in [5.41, 5.74) is 0.765. The van der Waals surface area contributed by atoms with Crippen LogP contribution < -0.4 is 0 Å². The second-order valence-corrected chi connectivity index (χ2v) is 6.81. The quantitative estimate of drug-likeness (QED) is 0.729. The predicted molar refractivity (Wildman–Crippen MR) is 77.9 cm³/mol. The Balaban J connectivity index is 2.36. The van der Waals surface area contributed by atoms with Crippen molar-refractivity contribution in [2.75, 3.05) is 0 Å². The third kappa shape index (κ3) is 2.88. The third-order valence-electron chi connectivity index (χ3n) is 3.50. The number of Topliss-reactive ketones (excluding diaryl/α,β-unsaturated/α-hetero) is 1. The minimum absolute atomic E-state index is 0.0831. The number of ether oxygens (including phenoxy) is 1. The Morgan fingerprint density at radius 2 is 2.00 bits per heavy atom. The van der Waals surface area contributed by atoms with Gasteiger partial charge in [-0.05, 0) is 45.4 Å². The fourth-order valence-corrected chi connectivity index (χ4v) is 2.44. The van der Waals surface area contributed by atoms with Gasteiger partial charge in [0.2, 0.25) is 0 Å². The maximum atomic E-state index is 12.2. The Hall–Kier alpha value is -1.35. The minimum Gasteiger partial charge on any atom is -0.457 e. The summed E-state index contributed by atoms with van der Waals surface area (Å²) in [6, 6.07) is 5.13. The number of carbonyl (C=O) groups excluding carboxylic acids is 2. The van der Waals surface area contributed by atoms with Gasteiger partial charge in [0.25, 0.3) is 0 Å². The van der Waals surface area contributed by atoms with E-state index >= 15 is 0 Å². The van der Waals surface area contributed by atoms with E-state index < -0.39 is 11.5 Å². The van der Waals surface area contributed by atoms with Crippen LogP contribution in [0.25, 0.3) is 0 Å². The largest absolute Gasteiger partial charge is 0.457 e. The predicted octanol–water partition coefficient (Wildman–Crippen LogP) is 4.19. The smallest absolute Gasteiger partial charge is 0.311 e. The molecule has 0 N–H and O–H groups in total. The molecule has 0 fully saturated rings. The molecule has 0 unspecified atom stereocenters. The molecule has 108 valence electrons. The Labute approximate surface area is 124 Å². The van der Waals surface area contributed by atoms with Gasteiger partial charge in [-0.1, -0.05) is 18.5 Å². The first kappa shape index (κ1) is 15.0. The highest BCUT2D eigenvalue weighted by atomic mass is 35.5. The zero-order valence-electron chi connectivity index (χ0n) is 12.2. The number of hydrogen-bond acceptors (Lipinski definition) is 3. The number of carbonyl (C=O) groups is 2. The van der Waals surface area contributed by atoms with Crippen LogP contribution in [0.5, 0.6) is 0 Å². The number of esters is 1. The molecule has 0 radical (unpaired) electrons. The molecule has 1 aliphatic rings. The second kappa shape index (κ2) is 5.21. The van der Waals surface area contributed by atoms with Crippen molar-refractivity contribution < 1.29 is 14.3 Å². The summed E-state index contributed by atoms with van der Waals surface area (Å²) in [6.45, 7) is 7.29. The van der Waals surface area contributed by atoms with E-state index in [4.69, 9.17) is 16.3 Å². The molecule has 0 aliphatic heterocycles. The summed E-state index contributed by atoms with van der Waals surface area (Å²) in [4.78, 5) is 24.2. The lowest BCUT2D eigenvalue weighted by Crippen LogP contribution is -2.30. The summed E-state index contributed by atoms with van der Waals surface area (Å²) >= 11 is 6.00. The van der Waals surface area contributed by atoms with Gasteiger partial charge in [0.1, 0.15) is 6.10 Å². The normalized spacial score (nSPS) is 22.4. The van der Waals surface area contributed by atoms with Crippen LogP contribution in [0.4, 0.5) is 0 Å². The van der Waals surface area contributed by atoms with Crippen molar-refractivity contribution in [3.05, 3.63) is 34.3 Å². The number of benzene rings is 1. The lowest BCUT2D eigenvalue weighted by atomic mass is 9.81. The number of halogens is 1. The van der Waals surface area contributed by atoms with Crippen molar-refractivity contribution in [1.82, 2.24) is 0 Å². The molecule has 2 atom stereocenters. The maximum absolute atomic E-state index is 12.2. The first-order valence-electron chi connectivity index (χ1n) is 6.75. The number of rotatable bonds is 1. The van der Waals surface area contributed by atoms with Gasteiger partial charge >= 0.3 is 5.97 Å². The molecule has 0 amide bonds. The van der Waals surface area contributed by atoms with Crippen LogP contribution in [0.1, 0.15) is 56.1 Å². The van der Waals surface area contributed by atoms with Gasteiger partial charge in [0.15, 0.2) is 5.78 Å². The standard InChI is InChI=1S/C16H19ClO3/c1-9-7-13(20-15(19)16(2,3)4)12-8-10(17)5-6-11(12)14(9)18/h5-6,8-9,13H,7H2,1-4H3/t9-,13-/m1/s1. The van der Waals surface area contributed by atoms with Crippen molar-refractivity contribution >= 4 is 23.4 Å². The highest BCUT2D eigenvalue weighted by Gasteiger charge is 2.35. The fraction of sp³-hybridized carbons (Fsp3) is 0.500. The molecule has 0 bridgehead atoms. The van der Waals surface area contributed by atoms with Crippen LogP contribution in [0.2, 0.25) is 5.02 Å². The van der Waals surface area contributed by atoms with Crippen LogP contribution in [0.3, 0.4) is 0 Å². The first-order valence-corrected chi connectivity index (χ1v) is 7.12. The molecule has 3 nitrogen and oxygen atoms in total. The molecule has 2 rings (SSSR count). The van der Waals surface area contributed by atoms with Crippen molar-refractivity contribution in [1.29, 1.82) is 0 Å². The molecule has 1 aromatic carbocycles. The first-order chi connectivity index (χ1) is 9.20. The Morgan fingerprint density at radius 3 is 2.60 bits per heavy atom. The van der Waals surface area contributed by atoms with E-state index in [0.29, 0.717) is 17.0 Å². The van der Waals surface area contributed by atoms with Crippen molar-refractivity contribution in [2.45, 2.75) is 40.2 Å². The van der Waals surface area contributed by atoms with Gasteiger partial charge < -0.3 is 4.74 Å². The molecule has 0 aromatic heterocycles. The summed E-state index contributed by atoms with van der Waals surface area (Å²) in [5, 5.41) is 0.544. The van der Waals surface area contributed by atoms with E-state index in [1.54, 1.807) is 18.2 Å². The van der Waals surface area contributed by atoms with Gasteiger partial charge in [-0.25, -0.2) is 0 Å². The minimum atomic E-state index is -0.566. The van der Waals surface area contributed by atoms with Crippen LogP contribution in [-0.4, -0.2) is 11.8 Å². The summed E-state index contributed by atoms with van der Waals surface area (Å²) < 4.78 is 5.61. The van der Waals surface area contributed by atoms with E-state index in [0.717, 1.165) is 5.56 Å². The van der Waals surface area contributed by atoms with Gasteiger partial charge in [0.05, 0.1) is 5.41 Å². The highest BCUT2D eigenvalue weighted by molar-refractivity contribution is 6.30. The lowest BCUT2D eigenvalue weighted by molar-refractivity contribution is -0.160. The monoisotopic (exact) mass is 294 g/mol. The number of ketones is 1. The molecule has 0 saturated heterocycles. The van der Waals surface area contributed by atoms with Crippen molar-refractivity contribution in [3.63, 3.8) is 0 Å². The van der Waals surface area contributed by atoms with Crippen LogP contribution in [0, 0.1) is 11.3 Å². The molecular formula is C16H19ClO3. The van der Waals surface area contributed by atoms with Crippen molar-refractivity contribution in [3.8, 4) is 0 Å². The average Bonchev–Trinajstić information content (AvgIpc) is 2.34. The molecule has 4 heteroatoms. The van der Waals surface area contributed by atoms with Crippen LogP contribution in [-0.2, 0) is 9.53 Å². The molecule has 20 heavy (non-hydrogen) atoms. The van der Waals surface area contributed by atoms with Gasteiger partial charge in [-0.2, -0.15) is 0 Å². The summed E-state index contributed by atoms with van der Waals surface area (Å²) in [6.07, 6.45) is 0.108. The average molecular weight is 295 g/mol. The summed E-state index contributed by atoms with van der Waals surface area (Å²) in [7, 11) is 0. The molecule has 0 spiro atoms. The highest BCUT2D eigenvalue weighted by Crippen LogP contribution is 2.38.